The molecule has 2 fully saturated rings. The molecule has 0 aliphatic carbocycles. The van der Waals surface area contributed by atoms with E-state index in [0.717, 1.165) is 25.0 Å². The summed E-state index contributed by atoms with van der Waals surface area (Å²) in [5, 5.41) is 8.60. The van der Waals surface area contributed by atoms with Gasteiger partial charge in [-0.25, -0.2) is 4.68 Å². The Balaban J connectivity index is 1.57. The van der Waals surface area contributed by atoms with Crippen LogP contribution in [-0.2, 0) is 31.9 Å². The Morgan fingerprint density at radius 2 is 1.96 bits per heavy atom. The van der Waals surface area contributed by atoms with Crippen molar-refractivity contribution < 1.29 is 18.9 Å². The van der Waals surface area contributed by atoms with Crippen molar-refractivity contribution in [2.24, 2.45) is 5.92 Å². The zero-order chi connectivity index (χ0) is 17.1. The molecule has 0 N–H and O–H groups in total. The fraction of sp³-hybridized carbons (Fsp3) is 0.867. The molecule has 9 heteroatoms. The van der Waals surface area contributed by atoms with Crippen molar-refractivity contribution in [3.8, 4) is 0 Å². The number of nitrogens with zero attached hydrogens (tertiary/aromatic N) is 3. The van der Waals surface area contributed by atoms with Gasteiger partial charge in [0.25, 0.3) is 0 Å². The lowest BCUT2D eigenvalue weighted by Gasteiger charge is -2.17. The van der Waals surface area contributed by atoms with Crippen molar-refractivity contribution in [3.05, 3.63) is 11.9 Å². The molecule has 2 aliphatic heterocycles. The lowest BCUT2D eigenvalue weighted by atomic mass is 9.88. The molecule has 0 aromatic carbocycles. The summed E-state index contributed by atoms with van der Waals surface area (Å²) in [4.78, 5) is 0. The molecule has 0 spiro atoms. The van der Waals surface area contributed by atoms with Crippen molar-refractivity contribution in [2.75, 3.05) is 20.8 Å². The monoisotopic (exact) mass is 335 g/mol. The average molecular weight is 335 g/mol. The molecule has 3 heterocycles. The molecular weight excluding hydrogens is 308 g/mol. The zero-order valence-corrected chi connectivity index (χ0v) is 15.1. The van der Waals surface area contributed by atoms with E-state index in [1.807, 2.05) is 10.9 Å². The summed E-state index contributed by atoms with van der Waals surface area (Å²) in [6.45, 7) is 1.31. The normalized spacial score (nSPS) is 36.4. The van der Waals surface area contributed by atoms with Gasteiger partial charge in [-0.05, 0) is 25.2 Å². The lowest BCUT2D eigenvalue weighted by molar-refractivity contribution is -0.00138. The fourth-order valence-electron chi connectivity index (χ4n) is 3.90. The predicted molar refractivity (Wildman–Crippen MR) is 93.5 cm³/mol. The molecular formula is C15H27B2N3O4. The number of ether oxygens (including phenoxy) is 4. The molecule has 2 aliphatic rings. The van der Waals surface area contributed by atoms with Gasteiger partial charge >= 0.3 is 0 Å². The topological polar surface area (TPSA) is 67.6 Å². The predicted octanol–water partition coefficient (Wildman–Crippen LogP) is -1.41. The van der Waals surface area contributed by atoms with Gasteiger partial charge in [0.1, 0.15) is 21.8 Å². The molecule has 0 unspecified atom stereocenters. The van der Waals surface area contributed by atoms with Gasteiger partial charge in [-0.2, -0.15) is 0 Å². The highest BCUT2D eigenvalue weighted by atomic mass is 16.6. The van der Waals surface area contributed by atoms with Crippen LogP contribution in [0.3, 0.4) is 0 Å². The first-order chi connectivity index (χ1) is 11.6. The summed E-state index contributed by atoms with van der Waals surface area (Å²) in [7, 11) is 7.65. The Kier molecular flexibility index (Phi) is 5.97. The first-order valence-corrected chi connectivity index (χ1v) is 8.80. The van der Waals surface area contributed by atoms with Gasteiger partial charge in [0.2, 0.25) is 0 Å². The third-order valence-electron chi connectivity index (χ3n) is 5.01. The molecule has 0 amide bonds. The van der Waals surface area contributed by atoms with Gasteiger partial charge in [-0.3, -0.25) is 0 Å². The van der Waals surface area contributed by atoms with Crippen molar-refractivity contribution >= 4 is 15.7 Å². The van der Waals surface area contributed by atoms with Gasteiger partial charge < -0.3 is 18.9 Å². The maximum Gasteiger partial charge on any atom is 0.139 e. The summed E-state index contributed by atoms with van der Waals surface area (Å²) >= 11 is 0. The van der Waals surface area contributed by atoms with E-state index in [4.69, 9.17) is 18.9 Å². The molecule has 7 nitrogen and oxygen atoms in total. The van der Waals surface area contributed by atoms with Crippen LogP contribution in [0.1, 0.15) is 18.5 Å². The van der Waals surface area contributed by atoms with Crippen LogP contribution in [0.2, 0.25) is 0 Å². The fourth-order valence-corrected chi connectivity index (χ4v) is 3.90. The molecule has 1 aromatic heterocycles. The second kappa shape index (κ2) is 7.99. The van der Waals surface area contributed by atoms with Gasteiger partial charge in [0, 0.05) is 32.4 Å². The van der Waals surface area contributed by atoms with Crippen LogP contribution < -0.4 is 0 Å². The Labute approximate surface area is 145 Å². The third kappa shape index (κ3) is 4.20. The standard InChI is InChI=1S/C15H27B2N3O4/c1-21-8-13-9(4-14(16)24-13)3-10-6-20(19-18-10)7-12-11(22-2)5-15(17)23-12/h6,9,11-15H,3-5,7-8,16-17H2,1-2H3/t9-,11-,12-,13-,14-,15-/m1/s1. The van der Waals surface area contributed by atoms with E-state index in [1.54, 1.807) is 14.2 Å². The van der Waals surface area contributed by atoms with E-state index < -0.39 is 0 Å². The van der Waals surface area contributed by atoms with Crippen molar-refractivity contribution in [1.82, 2.24) is 15.0 Å². The lowest BCUT2D eigenvalue weighted by Crippen LogP contribution is -2.28. The number of hydrogen-bond donors (Lipinski definition) is 0. The van der Waals surface area contributed by atoms with Gasteiger partial charge in [-0.1, -0.05) is 5.21 Å². The summed E-state index contributed by atoms with van der Waals surface area (Å²) < 4.78 is 24.5. The van der Waals surface area contributed by atoms with Crippen LogP contribution in [-0.4, -0.2) is 81.8 Å². The quantitative estimate of drug-likeness (QED) is 0.571. The minimum Gasteiger partial charge on any atom is -0.382 e. The molecule has 24 heavy (non-hydrogen) atoms. The molecule has 3 rings (SSSR count). The van der Waals surface area contributed by atoms with Crippen LogP contribution in [0, 0.1) is 5.92 Å². The summed E-state index contributed by atoms with van der Waals surface area (Å²) in [6, 6.07) is 0.510. The number of aromatic nitrogens is 3. The molecule has 1 aromatic rings. The Bertz CT molecular complexity index is 533. The van der Waals surface area contributed by atoms with Gasteiger partial charge in [-0.15, -0.1) is 5.10 Å². The molecule has 132 valence electrons. The molecule has 6 atom stereocenters. The van der Waals surface area contributed by atoms with E-state index >= 15 is 0 Å². The molecule has 2 saturated heterocycles. The summed E-state index contributed by atoms with van der Waals surface area (Å²) in [5.41, 5.74) is 0.999. The maximum absolute atomic E-state index is 5.92. The molecule has 0 saturated carbocycles. The van der Waals surface area contributed by atoms with Crippen LogP contribution in [0.15, 0.2) is 6.20 Å². The zero-order valence-electron chi connectivity index (χ0n) is 15.1. The van der Waals surface area contributed by atoms with Crippen LogP contribution in [0.25, 0.3) is 0 Å². The first kappa shape index (κ1) is 17.9. The molecule has 0 bridgehead atoms. The summed E-state index contributed by atoms with van der Waals surface area (Å²) in [5.74, 6) is 0.430. The van der Waals surface area contributed by atoms with Crippen molar-refractivity contribution in [2.45, 2.75) is 56.1 Å². The van der Waals surface area contributed by atoms with Crippen LogP contribution in [0.4, 0.5) is 0 Å². The summed E-state index contributed by atoms with van der Waals surface area (Å²) in [6.07, 6.45) is 5.17. The second-order valence-electron chi connectivity index (χ2n) is 7.07. The van der Waals surface area contributed by atoms with E-state index in [2.05, 4.69) is 26.0 Å². The number of hydrogen-bond acceptors (Lipinski definition) is 6. The minimum atomic E-state index is 0.0376. The number of methoxy groups -OCH3 is 2. The smallest absolute Gasteiger partial charge is 0.139 e. The Hall–Kier alpha value is -0.890. The van der Waals surface area contributed by atoms with Crippen LogP contribution in [0.5, 0.6) is 0 Å². The first-order valence-electron chi connectivity index (χ1n) is 8.80. The highest BCUT2D eigenvalue weighted by molar-refractivity contribution is 6.11. The maximum atomic E-state index is 5.92. The highest BCUT2D eigenvalue weighted by Crippen LogP contribution is 2.28. The largest absolute Gasteiger partial charge is 0.382 e. The van der Waals surface area contributed by atoms with E-state index in [9.17, 15) is 0 Å². The van der Waals surface area contributed by atoms with E-state index in [0.29, 0.717) is 19.1 Å². The van der Waals surface area contributed by atoms with Crippen LogP contribution >= 0.6 is 0 Å². The highest BCUT2D eigenvalue weighted by Gasteiger charge is 2.35. The second-order valence-corrected chi connectivity index (χ2v) is 7.07. The average Bonchev–Trinajstić information content (AvgIpc) is 3.21. The Morgan fingerprint density at radius 3 is 2.71 bits per heavy atom. The van der Waals surface area contributed by atoms with Crippen molar-refractivity contribution in [1.29, 1.82) is 0 Å². The van der Waals surface area contributed by atoms with E-state index in [-0.39, 0.29) is 30.3 Å². The Morgan fingerprint density at radius 1 is 1.21 bits per heavy atom. The molecule has 0 radical (unpaired) electrons. The third-order valence-corrected chi connectivity index (χ3v) is 5.01. The van der Waals surface area contributed by atoms with Gasteiger partial charge in [0.05, 0.1) is 31.1 Å². The minimum absolute atomic E-state index is 0.0376. The number of rotatable bonds is 7. The van der Waals surface area contributed by atoms with E-state index in [1.165, 1.54) is 0 Å². The van der Waals surface area contributed by atoms with Gasteiger partial charge in [0.15, 0.2) is 0 Å². The van der Waals surface area contributed by atoms with Crippen molar-refractivity contribution in [3.63, 3.8) is 0 Å². The SMILES string of the molecule is B[C@H]1C[C@@H](Cc2cn(C[C@H]3O[C@@H](B)C[C@H]3OC)nn2)[C@@H](COC)O1.